The van der Waals surface area contributed by atoms with Crippen molar-refractivity contribution < 1.29 is 19.5 Å². The summed E-state index contributed by atoms with van der Waals surface area (Å²) in [4.78, 5) is 35.3. The van der Waals surface area contributed by atoms with Gasteiger partial charge in [-0.25, -0.2) is 0 Å². The number of carboxylic acid groups (broad SMARTS) is 1. The first-order valence-electron chi connectivity index (χ1n) is 8.35. The molecule has 0 atom stereocenters. The van der Waals surface area contributed by atoms with Crippen molar-refractivity contribution in [3.63, 3.8) is 0 Å². The van der Waals surface area contributed by atoms with Crippen molar-refractivity contribution in [1.29, 1.82) is 0 Å². The van der Waals surface area contributed by atoms with E-state index in [1.54, 1.807) is 12.1 Å². The van der Waals surface area contributed by atoms with Crippen LogP contribution in [0.15, 0.2) is 18.2 Å². The third kappa shape index (κ3) is 4.34. The Hall–Kier alpha value is -2.37. The maximum atomic E-state index is 12.4. The zero-order valence-corrected chi connectivity index (χ0v) is 14.1. The summed E-state index contributed by atoms with van der Waals surface area (Å²) in [6, 6.07) is 5.22. The molecule has 1 saturated carbocycles. The Morgan fingerprint density at radius 2 is 1.75 bits per heavy atom. The summed E-state index contributed by atoms with van der Waals surface area (Å²) >= 11 is 0. The number of carbonyl (C=O) groups excluding carboxylic acids is 2. The van der Waals surface area contributed by atoms with Crippen molar-refractivity contribution in [1.82, 2.24) is 5.32 Å². The molecule has 3 N–H and O–H groups in total. The molecule has 0 bridgehead atoms. The first kappa shape index (κ1) is 18.0. The number of aryl methyl sites for hydroxylation is 1. The van der Waals surface area contributed by atoms with Gasteiger partial charge in [0.1, 0.15) is 0 Å². The van der Waals surface area contributed by atoms with Gasteiger partial charge in [-0.2, -0.15) is 0 Å². The quantitative estimate of drug-likeness (QED) is 0.772. The van der Waals surface area contributed by atoms with Gasteiger partial charge in [0, 0.05) is 23.7 Å². The Morgan fingerprint density at radius 3 is 2.33 bits per heavy atom. The van der Waals surface area contributed by atoms with E-state index in [-0.39, 0.29) is 23.7 Å². The van der Waals surface area contributed by atoms with Gasteiger partial charge in [0.2, 0.25) is 5.91 Å². The molecule has 1 aliphatic rings. The molecule has 0 aliphatic heterocycles. The van der Waals surface area contributed by atoms with Crippen molar-refractivity contribution in [3.8, 4) is 0 Å². The van der Waals surface area contributed by atoms with Crippen LogP contribution >= 0.6 is 0 Å². The highest BCUT2D eigenvalue weighted by Crippen LogP contribution is 2.30. The number of hydrogen-bond donors (Lipinski definition) is 3. The van der Waals surface area contributed by atoms with Crippen LogP contribution in [-0.4, -0.2) is 29.4 Å². The molecule has 0 saturated heterocycles. The van der Waals surface area contributed by atoms with E-state index in [1.807, 2.05) is 19.9 Å². The van der Waals surface area contributed by atoms with Crippen molar-refractivity contribution in [3.05, 3.63) is 29.3 Å². The Kier molecular flexibility index (Phi) is 5.95. The molecule has 0 radical (unpaired) electrons. The minimum atomic E-state index is -0.778. The SMILES string of the molecule is CCNC(=O)c1ccc(C)c(NC(=O)C2CCC(C(=O)O)CC2)c1. The van der Waals surface area contributed by atoms with Crippen LogP contribution < -0.4 is 10.6 Å². The molecule has 24 heavy (non-hydrogen) atoms. The minimum Gasteiger partial charge on any atom is -0.481 e. The predicted octanol–water partition coefficient (Wildman–Crippen LogP) is 2.57. The lowest BCUT2D eigenvalue weighted by Gasteiger charge is -2.25. The number of anilines is 1. The molecule has 2 amide bonds. The summed E-state index contributed by atoms with van der Waals surface area (Å²) in [5, 5.41) is 14.7. The second-order valence-corrected chi connectivity index (χ2v) is 6.27. The van der Waals surface area contributed by atoms with Crippen molar-refractivity contribution in [2.24, 2.45) is 11.8 Å². The number of aliphatic carboxylic acids is 1. The molecule has 1 aliphatic carbocycles. The molecule has 0 aromatic heterocycles. The fourth-order valence-corrected chi connectivity index (χ4v) is 3.00. The summed E-state index contributed by atoms with van der Waals surface area (Å²) in [6.07, 6.45) is 2.23. The van der Waals surface area contributed by atoms with Gasteiger partial charge >= 0.3 is 5.97 Å². The Bertz CT molecular complexity index is 634. The molecular formula is C18H24N2O4. The fraction of sp³-hybridized carbons (Fsp3) is 0.500. The molecule has 130 valence electrons. The second-order valence-electron chi connectivity index (χ2n) is 6.27. The lowest BCUT2D eigenvalue weighted by Crippen LogP contribution is -2.30. The third-order valence-electron chi connectivity index (χ3n) is 4.54. The van der Waals surface area contributed by atoms with Crippen molar-refractivity contribution >= 4 is 23.5 Å². The second kappa shape index (κ2) is 7.95. The molecular weight excluding hydrogens is 308 g/mol. The summed E-state index contributed by atoms with van der Waals surface area (Å²) in [5.74, 6) is -1.56. The summed E-state index contributed by atoms with van der Waals surface area (Å²) < 4.78 is 0. The third-order valence-corrected chi connectivity index (χ3v) is 4.54. The van der Waals surface area contributed by atoms with Gasteiger partial charge < -0.3 is 15.7 Å². The lowest BCUT2D eigenvalue weighted by atomic mass is 9.81. The molecule has 0 spiro atoms. The average Bonchev–Trinajstić information content (AvgIpc) is 2.57. The molecule has 6 heteroatoms. The van der Waals surface area contributed by atoms with Gasteiger partial charge in [-0.3, -0.25) is 14.4 Å². The van der Waals surface area contributed by atoms with E-state index in [9.17, 15) is 14.4 Å². The maximum Gasteiger partial charge on any atom is 0.306 e. The van der Waals surface area contributed by atoms with Crippen molar-refractivity contribution in [2.75, 3.05) is 11.9 Å². The van der Waals surface area contributed by atoms with E-state index >= 15 is 0 Å². The van der Waals surface area contributed by atoms with Crippen LogP contribution in [0.2, 0.25) is 0 Å². The van der Waals surface area contributed by atoms with Crippen LogP contribution in [0.3, 0.4) is 0 Å². The molecule has 6 nitrogen and oxygen atoms in total. The van der Waals surface area contributed by atoms with E-state index in [4.69, 9.17) is 5.11 Å². The number of hydrogen-bond acceptors (Lipinski definition) is 3. The van der Waals surface area contributed by atoms with Gasteiger partial charge in [0.05, 0.1) is 5.92 Å². The van der Waals surface area contributed by atoms with Crippen LogP contribution in [0.4, 0.5) is 5.69 Å². The topological polar surface area (TPSA) is 95.5 Å². The van der Waals surface area contributed by atoms with Gasteiger partial charge in [-0.05, 0) is 57.2 Å². The van der Waals surface area contributed by atoms with Crippen LogP contribution in [0.5, 0.6) is 0 Å². The summed E-state index contributed by atoms with van der Waals surface area (Å²) in [7, 11) is 0. The minimum absolute atomic E-state index is 0.102. The first-order chi connectivity index (χ1) is 11.4. The molecule has 1 aromatic carbocycles. The number of amides is 2. The van der Waals surface area contributed by atoms with E-state index < -0.39 is 5.97 Å². The Morgan fingerprint density at radius 1 is 1.12 bits per heavy atom. The Labute approximate surface area is 141 Å². The van der Waals surface area contributed by atoms with E-state index in [0.717, 1.165) is 5.56 Å². The number of carbonyl (C=O) groups is 3. The van der Waals surface area contributed by atoms with Crippen molar-refractivity contribution in [2.45, 2.75) is 39.5 Å². The normalized spacial score (nSPS) is 20.2. The van der Waals surface area contributed by atoms with Crippen LogP contribution in [0, 0.1) is 18.8 Å². The number of nitrogens with one attached hydrogen (secondary N) is 2. The van der Waals surface area contributed by atoms with E-state index in [0.29, 0.717) is 43.5 Å². The first-order valence-corrected chi connectivity index (χ1v) is 8.35. The lowest BCUT2D eigenvalue weighted by molar-refractivity contribution is -0.143. The zero-order valence-electron chi connectivity index (χ0n) is 14.1. The number of benzene rings is 1. The average molecular weight is 332 g/mol. The predicted molar refractivity (Wildman–Crippen MR) is 90.9 cm³/mol. The molecule has 0 unspecified atom stereocenters. The van der Waals surface area contributed by atoms with E-state index in [2.05, 4.69) is 10.6 Å². The van der Waals surface area contributed by atoms with E-state index in [1.165, 1.54) is 0 Å². The highest BCUT2D eigenvalue weighted by Gasteiger charge is 2.29. The summed E-state index contributed by atoms with van der Waals surface area (Å²) in [5.41, 5.74) is 2.02. The molecule has 1 aromatic rings. The maximum absolute atomic E-state index is 12.4. The highest BCUT2D eigenvalue weighted by atomic mass is 16.4. The van der Waals surface area contributed by atoms with Crippen LogP contribution in [0.25, 0.3) is 0 Å². The standard InChI is InChI=1S/C18H24N2O4/c1-3-19-16(21)14-5-4-11(2)15(10-14)20-17(22)12-6-8-13(9-7-12)18(23)24/h4-5,10,12-13H,3,6-9H2,1-2H3,(H,19,21)(H,20,22)(H,23,24). The number of carboxylic acids is 1. The Balaban J connectivity index is 2.02. The van der Waals surface area contributed by atoms with Gasteiger partial charge in [0.15, 0.2) is 0 Å². The van der Waals surface area contributed by atoms with Crippen LogP contribution in [-0.2, 0) is 9.59 Å². The zero-order chi connectivity index (χ0) is 17.7. The van der Waals surface area contributed by atoms with Crippen LogP contribution in [0.1, 0.15) is 48.5 Å². The highest BCUT2D eigenvalue weighted by molar-refractivity contribution is 5.98. The monoisotopic (exact) mass is 332 g/mol. The molecule has 1 fully saturated rings. The largest absolute Gasteiger partial charge is 0.481 e. The van der Waals surface area contributed by atoms with Gasteiger partial charge in [-0.15, -0.1) is 0 Å². The smallest absolute Gasteiger partial charge is 0.306 e. The molecule has 2 rings (SSSR count). The van der Waals surface area contributed by atoms with Gasteiger partial charge in [0.25, 0.3) is 5.91 Å². The molecule has 0 heterocycles. The summed E-state index contributed by atoms with van der Waals surface area (Å²) in [6.45, 7) is 4.27. The fourth-order valence-electron chi connectivity index (χ4n) is 3.00. The number of rotatable bonds is 5. The van der Waals surface area contributed by atoms with Gasteiger partial charge in [-0.1, -0.05) is 6.07 Å².